The van der Waals surface area contributed by atoms with Crippen LogP contribution in [-0.4, -0.2) is 36.4 Å². The molecule has 1 aliphatic heterocycles. The van der Waals surface area contributed by atoms with Gasteiger partial charge in [-0.15, -0.1) is 0 Å². The van der Waals surface area contributed by atoms with Crippen molar-refractivity contribution in [3.05, 3.63) is 64.3 Å². The molecule has 6 heteroatoms. The molecule has 0 saturated heterocycles. The number of carbonyl (C=O) groups is 1. The average Bonchev–Trinajstić information content (AvgIpc) is 3.18. The number of nitrogens with zero attached hydrogens (tertiary/aromatic N) is 1. The van der Waals surface area contributed by atoms with Crippen LogP contribution in [0.15, 0.2) is 36.5 Å². The molecule has 0 bridgehead atoms. The highest BCUT2D eigenvalue weighted by molar-refractivity contribution is 5.84. The topological polar surface area (TPSA) is 45.3 Å². The Labute approximate surface area is 181 Å². The monoisotopic (exact) mass is 426 g/mol. The van der Waals surface area contributed by atoms with E-state index < -0.39 is 6.43 Å². The molecule has 4 nitrogen and oxygen atoms in total. The predicted molar refractivity (Wildman–Crippen MR) is 118 cm³/mol. The Kier molecular flexibility index (Phi) is 6.25. The highest BCUT2D eigenvalue weighted by Gasteiger charge is 2.28. The van der Waals surface area contributed by atoms with E-state index >= 15 is 0 Å². The van der Waals surface area contributed by atoms with Crippen molar-refractivity contribution in [3.63, 3.8) is 0 Å². The first-order chi connectivity index (χ1) is 15.0. The molecule has 1 N–H and O–H groups in total. The van der Waals surface area contributed by atoms with Gasteiger partial charge in [0.1, 0.15) is 5.75 Å². The van der Waals surface area contributed by atoms with Gasteiger partial charge in [-0.05, 0) is 71.7 Å². The summed E-state index contributed by atoms with van der Waals surface area (Å²) in [5.41, 5.74) is 6.08. The zero-order valence-corrected chi connectivity index (χ0v) is 18.0. The van der Waals surface area contributed by atoms with Crippen molar-refractivity contribution in [1.82, 2.24) is 9.88 Å². The smallest absolute Gasteiger partial charge is 0.242 e. The molecule has 2 aromatic carbocycles. The summed E-state index contributed by atoms with van der Waals surface area (Å²) in [6, 6.07) is 9.83. The Balaban J connectivity index is 1.65. The lowest BCUT2D eigenvalue weighted by Gasteiger charge is -2.36. The van der Waals surface area contributed by atoms with Crippen molar-refractivity contribution < 1.29 is 18.3 Å². The van der Waals surface area contributed by atoms with Crippen molar-refractivity contribution in [2.24, 2.45) is 0 Å². The van der Waals surface area contributed by atoms with Crippen LogP contribution >= 0.6 is 0 Å². The number of hydrogen-bond acceptors (Lipinski definition) is 2. The van der Waals surface area contributed by atoms with Gasteiger partial charge in [-0.2, -0.15) is 0 Å². The van der Waals surface area contributed by atoms with Crippen LogP contribution in [0.1, 0.15) is 47.2 Å². The van der Waals surface area contributed by atoms with Gasteiger partial charge in [0.2, 0.25) is 12.8 Å². The zero-order valence-electron chi connectivity index (χ0n) is 18.0. The molecule has 2 heterocycles. The van der Waals surface area contributed by atoms with Crippen LogP contribution in [0.2, 0.25) is 0 Å². The van der Waals surface area contributed by atoms with Crippen LogP contribution in [0.5, 0.6) is 5.75 Å². The quantitative estimate of drug-likeness (QED) is 0.501. The SMILES string of the molecule is CCc1cc2c(cc1CC(F)F)C(CCc1c[nH]c3ccc(OC)cc13)N(C=O)CC2. The zero-order chi connectivity index (χ0) is 22.0. The molecule has 164 valence electrons. The number of nitrogens with one attached hydrogen (secondary N) is 1. The minimum absolute atomic E-state index is 0.112. The lowest BCUT2D eigenvalue weighted by molar-refractivity contribution is -0.120. The summed E-state index contributed by atoms with van der Waals surface area (Å²) in [4.78, 5) is 16.9. The van der Waals surface area contributed by atoms with Gasteiger partial charge < -0.3 is 14.6 Å². The van der Waals surface area contributed by atoms with E-state index in [2.05, 4.69) is 11.1 Å². The fourth-order valence-electron chi connectivity index (χ4n) is 4.79. The number of rotatable bonds is 8. The van der Waals surface area contributed by atoms with Crippen LogP contribution in [0.25, 0.3) is 10.9 Å². The molecule has 1 aromatic heterocycles. The Morgan fingerprint density at radius 3 is 2.77 bits per heavy atom. The lowest BCUT2D eigenvalue weighted by Crippen LogP contribution is -2.35. The van der Waals surface area contributed by atoms with Gasteiger partial charge in [0, 0.05) is 30.1 Å². The number of fused-ring (bicyclic) bond motifs is 2. The standard InChI is InChI=1S/C25H28F2N2O2/c1-3-16-10-17-8-9-29(15-30)24(22(17)11-19(16)12-25(26)27)7-4-18-14-28-23-6-5-20(31-2)13-21(18)23/h5-6,10-11,13-15,24-25,28H,3-4,7-9,12H2,1-2H3. The van der Waals surface area contributed by atoms with Gasteiger partial charge in [-0.25, -0.2) is 8.78 Å². The lowest BCUT2D eigenvalue weighted by atomic mass is 9.85. The average molecular weight is 427 g/mol. The number of methoxy groups -OCH3 is 1. The maximum absolute atomic E-state index is 13.2. The highest BCUT2D eigenvalue weighted by Crippen LogP contribution is 2.36. The second kappa shape index (κ2) is 9.08. The number of aromatic nitrogens is 1. The Morgan fingerprint density at radius 1 is 1.23 bits per heavy atom. The van der Waals surface area contributed by atoms with Crippen molar-refractivity contribution in [1.29, 1.82) is 0 Å². The summed E-state index contributed by atoms with van der Waals surface area (Å²) in [7, 11) is 1.65. The van der Waals surface area contributed by atoms with E-state index in [-0.39, 0.29) is 12.5 Å². The molecular weight excluding hydrogens is 398 g/mol. The summed E-state index contributed by atoms with van der Waals surface area (Å²) in [5.74, 6) is 0.801. The maximum Gasteiger partial charge on any atom is 0.242 e. The number of aryl methyl sites for hydroxylation is 2. The molecule has 0 spiro atoms. The number of benzene rings is 2. The van der Waals surface area contributed by atoms with Gasteiger partial charge in [-0.3, -0.25) is 4.79 Å². The largest absolute Gasteiger partial charge is 0.497 e. The Hall–Kier alpha value is -2.89. The first-order valence-electron chi connectivity index (χ1n) is 10.8. The summed E-state index contributed by atoms with van der Waals surface area (Å²) >= 11 is 0. The first kappa shape index (κ1) is 21.3. The van der Waals surface area contributed by atoms with E-state index in [1.807, 2.05) is 42.3 Å². The number of aromatic amines is 1. The molecular formula is C25H28F2N2O2. The van der Waals surface area contributed by atoms with E-state index in [4.69, 9.17) is 4.74 Å². The number of amides is 1. The van der Waals surface area contributed by atoms with Crippen molar-refractivity contribution in [3.8, 4) is 5.75 Å². The van der Waals surface area contributed by atoms with Crippen LogP contribution < -0.4 is 4.74 Å². The molecule has 0 saturated carbocycles. The third kappa shape index (κ3) is 4.29. The third-order valence-corrected chi connectivity index (χ3v) is 6.41. The van der Waals surface area contributed by atoms with E-state index in [1.165, 1.54) is 5.56 Å². The molecule has 31 heavy (non-hydrogen) atoms. The summed E-state index contributed by atoms with van der Waals surface area (Å²) in [6.45, 7) is 2.65. The fourth-order valence-corrected chi connectivity index (χ4v) is 4.79. The molecule has 1 unspecified atom stereocenters. The summed E-state index contributed by atoms with van der Waals surface area (Å²) in [6.07, 6.45) is 3.26. The molecule has 0 aliphatic carbocycles. The van der Waals surface area contributed by atoms with Gasteiger partial charge in [0.05, 0.1) is 13.2 Å². The highest BCUT2D eigenvalue weighted by atomic mass is 19.3. The van der Waals surface area contributed by atoms with Gasteiger partial charge in [0.25, 0.3) is 0 Å². The number of H-pyrrole nitrogens is 1. The second-order valence-corrected chi connectivity index (χ2v) is 8.14. The number of carbonyl (C=O) groups excluding carboxylic acids is 1. The molecule has 1 aliphatic rings. The van der Waals surface area contributed by atoms with E-state index in [0.29, 0.717) is 12.1 Å². The van der Waals surface area contributed by atoms with E-state index in [9.17, 15) is 13.6 Å². The Bertz CT molecular complexity index is 1080. The number of ether oxygens (including phenoxy) is 1. The van der Waals surface area contributed by atoms with Gasteiger partial charge in [0.15, 0.2) is 0 Å². The number of hydrogen-bond donors (Lipinski definition) is 1. The number of alkyl halides is 2. The van der Waals surface area contributed by atoms with Gasteiger partial charge >= 0.3 is 0 Å². The molecule has 3 aromatic rings. The summed E-state index contributed by atoms with van der Waals surface area (Å²) < 4.78 is 31.7. The van der Waals surface area contributed by atoms with Gasteiger partial charge in [-0.1, -0.05) is 19.1 Å². The predicted octanol–water partition coefficient (Wildman–Crippen LogP) is 5.23. The second-order valence-electron chi connectivity index (χ2n) is 8.14. The van der Waals surface area contributed by atoms with Crippen molar-refractivity contribution >= 4 is 17.3 Å². The summed E-state index contributed by atoms with van der Waals surface area (Å²) in [5, 5.41) is 1.10. The molecule has 0 radical (unpaired) electrons. The van der Waals surface area contributed by atoms with E-state index in [1.54, 1.807) is 7.11 Å². The first-order valence-corrected chi connectivity index (χ1v) is 10.8. The van der Waals surface area contributed by atoms with Crippen LogP contribution in [0.3, 0.4) is 0 Å². The molecule has 4 rings (SSSR count). The maximum atomic E-state index is 13.2. The minimum atomic E-state index is -2.38. The molecule has 1 amide bonds. The Morgan fingerprint density at radius 2 is 2.06 bits per heavy atom. The normalized spacial score (nSPS) is 16.0. The van der Waals surface area contributed by atoms with Crippen LogP contribution in [0.4, 0.5) is 8.78 Å². The van der Waals surface area contributed by atoms with Crippen molar-refractivity contribution in [2.45, 2.75) is 51.5 Å². The van der Waals surface area contributed by atoms with Crippen LogP contribution in [-0.2, 0) is 30.5 Å². The van der Waals surface area contributed by atoms with Crippen molar-refractivity contribution in [2.75, 3.05) is 13.7 Å². The van der Waals surface area contributed by atoms with Crippen LogP contribution in [0, 0.1) is 0 Å². The minimum Gasteiger partial charge on any atom is -0.497 e. The van der Waals surface area contributed by atoms with E-state index in [0.717, 1.165) is 65.4 Å². The fraction of sp³-hybridized carbons (Fsp3) is 0.400. The third-order valence-electron chi connectivity index (χ3n) is 6.41. The molecule has 0 fully saturated rings. The molecule has 1 atom stereocenters. The number of halogens is 2.